The zero-order chi connectivity index (χ0) is 17.9. The molecule has 4 heteroatoms. The van der Waals surface area contributed by atoms with E-state index in [1.807, 2.05) is 54.6 Å². The summed E-state index contributed by atoms with van der Waals surface area (Å²) in [5.41, 5.74) is 3.09. The van der Waals surface area contributed by atoms with Crippen molar-refractivity contribution in [1.29, 1.82) is 0 Å². The summed E-state index contributed by atoms with van der Waals surface area (Å²) in [6.45, 7) is 2.72. The van der Waals surface area contributed by atoms with Crippen molar-refractivity contribution in [3.05, 3.63) is 84.4 Å². The Hall–Kier alpha value is -2.72. The third-order valence-electron chi connectivity index (χ3n) is 4.56. The van der Waals surface area contributed by atoms with Crippen LogP contribution in [0.25, 0.3) is 0 Å². The number of carbonyl (C=O) groups is 1. The first-order valence-corrected chi connectivity index (χ1v) is 9.54. The minimum atomic E-state index is -0.0898. The van der Waals surface area contributed by atoms with E-state index in [2.05, 4.69) is 36.5 Å². The largest absolute Gasteiger partial charge is 0.337 e. The van der Waals surface area contributed by atoms with Crippen LogP contribution in [-0.4, -0.2) is 12.6 Å². The van der Waals surface area contributed by atoms with Crippen LogP contribution in [0.4, 0.5) is 16.2 Å². The summed E-state index contributed by atoms with van der Waals surface area (Å²) in [4.78, 5) is 17.0. The van der Waals surface area contributed by atoms with E-state index < -0.39 is 0 Å². The van der Waals surface area contributed by atoms with Crippen molar-refractivity contribution in [3.63, 3.8) is 0 Å². The molecule has 0 aromatic heterocycles. The second-order valence-electron chi connectivity index (χ2n) is 6.37. The molecular weight excluding hydrogens is 340 g/mol. The molecule has 3 nitrogen and oxygen atoms in total. The van der Waals surface area contributed by atoms with E-state index in [-0.39, 0.29) is 11.9 Å². The minimum absolute atomic E-state index is 0.0898. The molecule has 0 unspecified atom stereocenters. The highest BCUT2D eigenvalue weighted by molar-refractivity contribution is 7.99. The van der Waals surface area contributed by atoms with Gasteiger partial charge in [0.1, 0.15) is 0 Å². The number of anilines is 2. The van der Waals surface area contributed by atoms with Crippen LogP contribution in [0.15, 0.2) is 88.7 Å². The lowest BCUT2D eigenvalue weighted by molar-refractivity contribution is 0.248. The number of urea groups is 1. The van der Waals surface area contributed by atoms with Crippen molar-refractivity contribution in [2.75, 3.05) is 11.4 Å². The van der Waals surface area contributed by atoms with E-state index in [1.54, 1.807) is 16.7 Å². The summed E-state index contributed by atoms with van der Waals surface area (Å²) >= 11 is 1.70. The van der Waals surface area contributed by atoms with Gasteiger partial charge in [-0.25, -0.2) is 4.79 Å². The Balaban J connectivity index is 1.58. The van der Waals surface area contributed by atoms with Crippen LogP contribution in [0.5, 0.6) is 0 Å². The number of hydrogen-bond donors (Lipinski definition) is 1. The highest BCUT2D eigenvalue weighted by Gasteiger charge is 2.27. The summed E-state index contributed by atoms with van der Waals surface area (Å²) in [6, 6.07) is 26.2. The topological polar surface area (TPSA) is 32.3 Å². The number of nitrogens with zero attached hydrogens (tertiary/aromatic N) is 1. The van der Waals surface area contributed by atoms with Crippen molar-refractivity contribution in [2.45, 2.75) is 22.6 Å². The number of rotatable bonds is 3. The van der Waals surface area contributed by atoms with Gasteiger partial charge in [-0.3, -0.25) is 4.90 Å². The lowest BCUT2D eigenvalue weighted by Gasteiger charge is -2.31. The van der Waals surface area contributed by atoms with Gasteiger partial charge in [0.05, 0.1) is 11.4 Å². The molecule has 0 saturated heterocycles. The van der Waals surface area contributed by atoms with Crippen molar-refractivity contribution < 1.29 is 4.79 Å². The smallest absolute Gasteiger partial charge is 0.326 e. The Morgan fingerprint density at radius 1 is 0.885 bits per heavy atom. The molecule has 1 aliphatic heterocycles. The Labute approximate surface area is 158 Å². The Morgan fingerprint density at radius 3 is 2.04 bits per heavy atom. The van der Waals surface area contributed by atoms with Gasteiger partial charge in [0.25, 0.3) is 0 Å². The fraction of sp³-hybridized carbons (Fsp3) is 0.136. The fourth-order valence-electron chi connectivity index (χ4n) is 3.14. The molecule has 0 fully saturated rings. The maximum absolute atomic E-state index is 13.1. The molecule has 1 aliphatic rings. The number of amides is 2. The van der Waals surface area contributed by atoms with Gasteiger partial charge in [0.15, 0.2) is 0 Å². The quantitative estimate of drug-likeness (QED) is 0.640. The van der Waals surface area contributed by atoms with Crippen LogP contribution in [0.2, 0.25) is 0 Å². The average molecular weight is 360 g/mol. The third-order valence-corrected chi connectivity index (χ3v) is 5.69. The second kappa shape index (κ2) is 7.26. The fourth-order valence-corrected chi connectivity index (χ4v) is 4.20. The maximum Gasteiger partial charge on any atom is 0.326 e. The molecule has 1 heterocycles. The Bertz CT molecular complexity index is 881. The van der Waals surface area contributed by atoms with E-state index in [0.717, 1.165) is 21.2 Å². The molecule has 0 bridgehead atoms. The molecular formula is C22H20N2OS. The minimum Gasteiger partial charge on any atom is -0.337 e. The molecule has 2 amide bonds. The molecule has 0 saturated carbocycles. The van der Waals surface area contributed by atoms with E-state index in [1.165, 1.54) is 5.56 Å². The van der Waals surface area contributed by atoms with Crippen molar-refractivity contribution in [1.82, 2.24) is 5.32 Å². The lowest BCUT2D eigenvalue weighted by Crippen LogP contribution is -2.39. The predicted molar refractivity (Wildman–Crippen MR) is 107 cm³/mol. The van der Waals surface area contributed by atoms with Gasteiger partial charge in [-0.1, -0.05) is 73.3 Å². The Morgan fingerprint density at radius 2 is 1.42 bits per heavy atom. The standard InChI is InChI=1S/C22H20N2OS/c1-16(17-9-3-2-4-10-17)15-23-22(25)24-18-11-5-7-13-20(18)26-21-14-8-6-12-19(21)24/h2-14,16H,15H2,1H3,(H,23,25)/t16-/m1/s1. The van der Waals surface area contributed by atoms with E-state index in [9.17, 15) is 4.79 Å². The van der Waals surface area contributed by atoms with Crippen LogP contribution in [0, 0.1) is 0 Å². The van der Waals surface area contributed by atoms with Crippen LogP contribution >= 0.6 is 11.8 Å². The zero-order valence-electron chi connectivity index (χ0n) is 14.6. The zero-order valence-corrected chi connectivity index (χ0v) is 15.4. The first kappa shape index (κ1) is 16.7. The van der Waals surface area contributed by atoms with Gasteiger partial charge in [0.2, 0.25) is 0 Å². The number of hydrogen-bond acceptors (Lipinski definition) is 2. The molecule has 0 aliphatic carbocycles. The van der Waals surface area contributed by atoms with Gasteiger partial charge in [0, 0.05) is 16.3 Å². The number of nitrogens with one attached hydrogen (secondary N) is 1. The van der Waals surface area contributed by atoms with Crippen LogP contribution in [0.3, 0.4) is 0 Å². The lowest BCUT2D eigenvalue weighted by atomic mass is 10.0. The SMILES string of the molecule is C[C@H](CNC(=O)N1c2ccccc2Sc2ccccc21)c1ccccc1. The van der Waals surface area contributed by atoms with E-state index >= 15 is 0 Å². The number of carbonyl (C=O) groups excluding carboxylic acids is 1. The second-order valence-corrected chi connectivity index (χ2v) is 7.45. The van der Waals surface area contributed by atoms with Crippen LogP contribution in [-0.2, 0) is 0 Å². The molecule has 130 valence electrons. The van der Waals surface area contributed by atoms with Crippen molar-refractivity contribution in [3.8, 4) is 0 Å². The van der Waals surface area contributed by atoms with Crippen LogP contribution in [0.1, 0.15) is 18.4 Å². The van der Waals surface area contributed by atoms with Gasteiger partial charge in [-0.2, -0.15) is 0 Å². The van der Waals surface area contributed by atoms with E-state index in [4.69, 9.17) is 0 Å². The molecule has 0 radical (unpaired) electrons. The highest BCUT2D eigenvalue weighted by atomic mass is 32.2. The maximum atomic E-state index is 13.1. The summed E-state index contributed by atoms with van der Waals surface area (Å²) in [5.74, 6) is 0.254. The van der Waals surface area contributed by atoms with E-state index in [0.29, 0.717) is 6.54 Å². The third kappa shape index (κ3) is 3.20. The summed E-state index contributed by atoms with van der Waals surface area (Å²) in [7, 11) is 0. The molecule has 4 rings (SSSR count). The molecule has 26 heavy (non-hydrogen) atoms. The average Bonchev–Trinajstić information content (AvgIpc) is 2.70. The first-order valence-electron chi connectivity index (χ1n) is 8.73. The predicted octanol–water partition coefficient (Wildman–Crippen LogP) is 5.80. The molecule has 0 spiro atoms. The van der Waals surface area contributed by atoms with Crippen molar-refractivity contribution in [2.24, 2.45) is 0 Å². The monoisotopic (exact) mass is 360 g/mol. The van der Waals surface area contributed by atoms with Crippen LogP contribution < -0.4 is 10.2 Å². The summed E-state index contributed by atoms with van der Waals surface area (Å²) in [5, 5.41) is 3.11. The molecule has 1 atom stereocenters. The van der Waals surface area contributed by atoms with Gasteiger partial charge in [-0.05, 0) is 35.7 Å². The highest BCUT2D eigenvalue weighted by Crippen LogP contribution is 2.47. The number of para-hydroxylation sites is 2. The number of fused-ring (bicyclic) bond motifs is 2. The summed E-state index contributed by atoms with van der Waals surface area (Å²) < 4.78 is 0. The van der Waals surface area contributed by atoms with Gasteiger partial charge >= 0.3 is 6.03 Å². The summed E-state index contributed by atoms with van der Waals surface area (Å²) in [6.07, 6.45) is 0. The first-order chi connectivity index (χ1) is 12.7. The molecule has 3 aromatic carbocycles. The molecule has 3 aromatic rings. The normalized spacial score (nSPS) is 13.5. The Kier molecular flexibility index (Phi) is 4.67. The number of benzene rings is 3. The molecule has 1 N–H and O–H groups in total. The van der Waals surface area contributed by atoms with Gasteiger partial charge < -0.3 is 5.32 Å². The van der Waals surface area contributed by atoms with Crippen molar-refractivity contribution >= 4 is 29.2 Å². The van der Waals surface area contributed by atoms with Gasteiger partial charge in [-0.15, -0.1) is 0 Å².